The zero-order chi connectivity index (χ0) is 17.2. The van der Waals surface area contributed by atoms with Gasteiger partial charge in [-0.2, -0.15) is 19.7 Å². The predicted octanol–water partition coefficient (Wildman–Crippen LogP) is 2.26. The first-order chi connectivity index (χ1) is 12.3. The van der Waals surface area contributed by atoms with Gasteiger partial charge in [0.2, 0.25) is 0 Å². The zero-order valence-corrected chi connectivity index (χ0v) is 13.5. The standard InChI is InChI=1S/C17H15N7O/c1-2-23-15(8-9-19-23)22-16(25)14-10-13(12-6-4-3-5-7-12)21-17-18-11-20-24(14)17/h3-11H,2H2,1H3,(H,22,25). The van der Waals surface area contributed by atoms with E-state index < -0.39 is 0 Å². The number of benzene rings is 1. The predicted molar refractivity (Wildman–Crippen MR) is 92.1 cm³/mol. The lowest BCUT2D eigenvalue weighted by Crippen LogP contribution is -2.19. The van der Waals surface area contributed by atoms with E-state index in [-0.39, 0.29) is 5.91 Å². The number of nitrogens with one attached hydrogen (secondary N) is 1. The van der Waals surface area contributed by atoms with E-state index in [9.17, 15) is 4.79 Å². The van der Waals surface area contributed by atoms with Crippen molar-refractivity contribution in [2.24, 2.45) is 0 Å². The molecule has 0 saturated heterocycles. The van der Waals surface area contributed by atoms with E-state index in [0.717, 1.165) is 5.56 Å². The highest BCUT2D eigenvalue weighted by molar-refractivity contribution is 6.03. The van der Waals surface area contributed by atoms with E-state index >= 15 is 0 Å². The van der Waals surface area contributed by atoms with Crippen molar-refractivity contribution in [3.63, 3.8) is 0 Å². The second kappa shape index (κ2) is 6.16. The molecule has 3 heterocycles. The molecule has 4 rings (SSSR count). The summed E-state index contributed by atoms with van der Waals surface area (Å²) in [6.07, 6.45) is 3.02. The van der Waals surface area contributed by atoms with Crippen LogP contribution in [0.25, 0.3) is 17.0 Å². The summed E-state index contributed by atoms with van der Waals surface area (Å²) in [4.78, 5) is 21.4. The third-order valence-corrected chi connectivity index (χ3v) is 3.81. The van der Waals surface area contributed by atoms with Gasteiger partial charge < -0.3 is 5.32 Å². The second-order valence-corrected chi connectivity index (χ2v) is 5.35. The van der Waals surface area contributed by atoms with Crippen LogP contribution in [0.1, 0.15) is 17.4 Å². The molecular formula is C17H15N7O. The summed E-state index contributed by atoms with van der Waals surface area (Å²) < 4.78 is 3.13. The molecule has 0 fully saturated rings. The molecule has 25 heavy (non-hydrogen) atoms. The molecule has 0 aliphatic carbocycles. The van der Waals surface area contributed by atoms with Gasteiger partial charge in [-0.3, -0.25) is 4.79 Å². The van der Waals surface area contributed by atoms with Crippen LogP contribution < -0.4 is 5.32 Å². The number of aryl methyl sites for hydroxylation is 1. The average molecular weight is 333 g/mol. The number of rotatable bonds is 4. The number of nitrogens with zero attached hydrogens (tertiary/aromatic N) is 6. The Kier molecular flexibility index (Phi) is 3.70. The van der Waals surface area contributed by atoms with Gasteiger partial charge in [-0.05, 0) is 13.0 Å². The van der Waals surface area contributed by atoms with Crippen LogP contribution in [0.2, 0.25) is 0 Å². The molecule has 0 radical (unpaired) electrons. The summed E-state index contributed by atoms with van der Waals surface area (Å²) in [5.41, 5.74) is 1.92. The summed E-state index contributed by atoms with van der Waals surface area (Å²) in [5, 5.41) is 11.1. The highest BCUT2D eigenvalue weighted by Crippen LogP contribution is 2.19. The van der Waals surface area contributed by atoms with Crippen molar-refractivity contribution in [3.05, 3.63) is 60.7 Å². The fourth-order valence-electron chi connectivity index (χ4n) is 2.60. The summed E-state index contributed by atoms with van der Waals surface area (Å²) in [5.74, 6) is 0.694. The Hall–Kier alpha value is -3.55. The molecule has 0 atom stereocenters. The largest absolute Gasteiger partial charge is 0.305 e. The molecule has 0 saturated carbocycles. The minimum absolute atomic E-state index is 0.301. The normalized spacial score (nSPS) is 10.9. The lowest BCUT2D eigenvalue weighted by atomic mass is 10.1. The summed E-state index contributed by atoms with van der Waals surface area (Å²) in [7, 11) is 0. The van der Waals surface area contributed by atoms with Gasteiger partial charge in [-0.25, -0.2) is 9.67 Å². The van der Waals surface area contributed by atoms with Crippen LogP contribution in [0, 0.1) is 0 Å². The minimum atomic E-state index is -0.301. The maximum atomic E-state index is 12.8. The quantitative estimate of drug-likeness (QED) is 0.619. The molecule has 1 amide bonds. The number of anilines is 1. The van der Waals surface area contributed by atoms with Crippen molar-refractivity contribution >= 4 is 17.5 Å². The van der Waals surface area contributed by atoms with Gasteiger partial charge >= 0.3 is 0 Å². The Balaban J connectivity index is 1.78. The van der Waals surface area contributed by atoms with Crippen LogP contribution in [-0.2, 0) is 6.54 Å². The first-order valence-electron chi connectivity index (χ1n) is 7.85. The lowest BCUT2D eigenvalue weighted by Gasteiger charge is -2.09. The van der Waals surface area contributed by atoms with E-state index in [1.165, 1.54) is 10.8 Å². The maximum absolute atomic E-state index is 12.8. The van der Waals surface area contributed by atoms with Crippen molar-refractivity contribution in [1.29, 1.82) is 0 Å². The van der Waals surface area contributed by atoms with Crippen LogP contribution >= 0.6 is 0 Å². The van der Waals surface area contributed by atoms with Crippen LogP contribution in [0.5, 0.6) is 0 Å². The molecule has 0 aliphatic rings. The van der Waals surface area contributed by atoms with Crippen molar-refractivity contribution in [1.82, 2.24) is 29.4 Å². The molecule has 4 aromatic rings. The number of hydrogen-bond acceptors (Lipinski definition) is 5. The number of aromatic nitrogens is 6. The number of hydrogen-bond donors (Lipinski definition) is 1. The van der Waals surface area contributed by atoms with Gasteiger partial charge in [0.25, 0.3) is 11.7 Å². The zero-order valence-electron chi connectivity index (χ0n) is 13.5. The third-order valence-electron chi connectivity index (χ3n) is 3.81. The molecule has 8 nitrogen and oxygen atoms in total. The van der Waals surface area contributed by atoms with Crippen molar-refractivity contribution < 1.29 is 4.79 Å². The van der Waals surface area contributed by atoms with Gasteiger partial charge in [0.05, 0.1) is 11.9 Å². The van der Waals surface area contributed by atoms with Crippen molar-refractivity contribution in [3.8, 4) is 11.3 Å². The second-order valence-electron chi connectivity index (χ2n) is 5.35. The Morgan fingerprint density at radius 1 is 1.16 bits per heavy atom. The first kappa shape index (κ1) is 15.0. The lowest BCUT2D eigenvalue weighted by molar-refractivity contribution is 0.101. The van der Waals surface area contributed by atoms with Crippen molar-refractivity contribution in [2.45, 2.75) is 13.5 Å². The summed E-state index contributed by atoms with van der Waals surface area (Å²) >= 11 is 0. The molecule has 0 spiro atoms. The SMILES string of the molecule is CCn1nccc1NC(=O)c1cc(-c2ccccc2)nc2ncnn12. The van der Waals surface area contributed by atoms with Crippen molar-refractivity contribution in [2.75, 3.05) is 5.32 Å². The molecule has 124 valence electrons. The maximum Gasteiger partial charge on any atom is 0.275 e. The molecule has 1 aromatic carbocycles. The van der Waals surface area contributed by atoms with Crippen LogP contribution in [-0.4, -0.2) is 35.3 Å². The molecule has 0 unspecified atom stereocenters. The topological polar surface area (TPSA) is 90.0 Å². The molecule has 0 bridgehead atoms. The van der Waals surface area contributed by atoms with Gasteiger partial charge in [-0.1, -0.05) is 30.3 Å². The van der Waals surface area contributed by atoms with Gasteiger partial charge in [-0.15, -0.1) is 0 Å². The Morgan fingerprint density at radius 2 is 2.00 bits per heavy atom. The highest BCUT2D eigenvalue weighted by atomic mass is 16.2. The molecule has 0 aliphatic heterocycles. The van der Waals surface area contributed by atoms with E-state index in [2.05, 4.69) is 25.5 Å². The van der Waals surface area contributed by atoms with Crippen LogP contribution in [0.3, 0.4) is 0 Å². The molecule has 1 N–H and O–H groups in total. The van der Waals surface area contributed by atoms with E-state index in [1.807, 2.05) is 37.3 Å². The Labute approximate surface area is 143 Å². The smallest absolute Gasteiger partial charge is 0.275 e. The first-order valence-corrected chi connectivity index (χ1v) is 7.85. The van der Waals surface area contributed by atoms with Gasteiger partial charge in [0.15, 0.2) is 0 Å². The summed E-state index contributed by atoms with van der Waals surface area (Å²) in [6.45, 7) is 2.62. The van der Waals surface area contributed by atoms with Crippen LogP contribution in [0.4, 0.5) is 5.82 Å². The fourth-order valence-corrected chi connectivity index (χ4v) is 2.60. The van der Waals surface area contributed by atoms with Gasteiger partial charge in [0.1, 0.15) is 17.8 Å². The molecular weight excluding hydrogens is 318 g/mol. The number of carbonyl (C=O) groups excluding carboxylic acids is 1. The van der Waals surface area contributed by atoms with E-state index in [4.69, 9.17) is 0 Å². The molecule has 8 heteroatoms. The number of fused-ring (bicyclic) bond motifs is 1. The number of carbonyl (C=O) groups is 1. The minimum Gasteiger partial charge on any atom is -0.305 e. The summed E-state index contributed by atoms with van der Waals surface area (Å²) in [6, 6.07) is 13.1. The average Bonchev–Trinajstić information content (AvgIpc) is 3.30. The Morgan fingerprint density at radius 3 is 2.80 bits per heavy atom. The Bertz CT molecular complexity index is 1040. The van der Waals surface area contributed by atoms with E-state index in [1.54, 1.807) is 23.0 Å². The van der Waals surface area contributed by atoms with Crippen LogP contribution in [0.15, 0.2) is 55.0 Å². The number of amides is 1. The van der Waals surface area contributed by atoms with Gasteiger partial charge in [0, 0.05) is 18.2 Å². The molecule has 3 aromatic heterocycles. The fraction of sp³-hybridized carbons (Fsp3) is 0.118. The van der Waals surface area contributed by atoms with E-state index in [0.29, 0.717) is 29.5 Å². The monoisotopic (exact) mass is 333 g/mol. The highest BCUT2D eigenvalue weighted by Gasteiger charge is 2.17. The third kappa shape index (κ3) is 2.74.